The molecule has 0 aromatic rings. The number of phosphoric acid groups is 1. The Morgan fingerprint density at radius 3 is 2.25 bits per heavy atom. The highest BCUT2D eigenvalue weighted by Crippen LogP contribution is 2.49. The summed E-state index contributed by atoms with van der Waals surface area (Å²) in [5, 5.41) is 0. The van der Waals surface area contributed by atoms with E-state index in [0.29, 0.717) is 25.7 Å². The predicted octanol–water partition coefficient (Wildman–Crippen LogP) is 4.01. The van der Waals surface area contributed by atoms with Crippen molar-refractivity contribution in [3.05, 3.63) is 0 Å². The molecule has 0 bridgehead atoms. The molecule has 0 aliphatic heterocycles. The number of phosphoric ester groups is 1. The first-order valence-electron chi connectivity index (χ1n) is 6.07. The number of rotatable bonds is 10. The fourth-order valence-electron chi connectivity index (χ4n) is 1.04. The summed E-state index contributed by atoms with van der Waals surface area (Å²) in [4.78, 5) is 0. The van der Waals surface area contributed by atoms with Gasteiger partial charge in [0.15, 0.2) is 0 Å². The van der Waals surface area contributed by atoms with Crippen LogP contribution in [0, 0.1) is 5.92 Å². The van der Waals surface area contributed by atoms with E-state index in [-0.39, 0.29) is 0 Å². The molecule has 0 saturated carbocycles. The largest absolute Gasteiger partial charge is 0.474 e. The van der Waals surface area contributed by atoms with Crippen LogP contribution in [0.25, 0.3) is 0 Å². The summed E-state index contributed by atoms with van der Waals surface area (Å²) < 4.78 is 27.5. The van der Waals surface area contributed by atoms with Crippen LogP contribution in [0.1, 0.15) is 47.0 Å². The lowest BCUT2D eigenvalue weighted by Gasteiger charge is -2.18. The highest BCUT2D eigenvalue weighted by molar-refractivity contribution is 7.48. The third kappa shape index (κ3) is 8.28. The van der Waals surface area contributed by atoms with Crippen molar-refractivity contribution in [3.63, 3.8) is 0 Å². The van der Waals surface area contributed by atoms with Gasteiger partial charge in [0.25, 0.3) is 0 Å². The molecule has 0 radical (unpaired) electrons. The lowest BCUT2D eigenvalue weighted by atomic mass is 10.2. The van der Waals surface area contributed by atoms with Gasteiger partial charge in [-0.2, -0.15) is 0 Å². The van der Waals surface area contributed by atoms with Crippen LogP contribution in [0.3, 0.4) is 0 Å². The molecule has 0 N–H and O–H groups in total. The summed E-state index contributed by atoms with van der Waals surface area (Å²) in [5.74, 6) is 0.313. The van der Waals surface area contributed by atoms with Crippen LogP contribution in [-0.2, 0) is 18.1 Å². The molecule has 98 valence electrons. The third-order valence-corrected chi connectivity index (χ3v) is 3.39. The lowest BCUT2D eigenvalue weighted by molar-refractivity contribution is 0.106. The van der Waals surface area contributed by atoms with E-state index in [9.17, 15) is 4.57 Å². The molecule has 16 heavy (non-hydrogen) atoms. The molecule has 0 amide bonds. The average Bonchev–Trinajstić information content (AvgIpc) is 2.22. The Kier molecular flexibility index (Phi) is 9.24. The zero-order valence-corrected chi connectivity index (χ0v) is 11.8. The maximum atomic E-state index is 12.0. The molecule has 0 heterocycles. The topological polar surface area (TPSA) is 44.8 Å². The molecule has 1 unspecified atom stereocenters. The van der Waals surface area contributed by atoms with Gasteiger partial charge in [0.2, 0.25) is 0 Å². The van der Waals surface area contributed by atoms with Crippen LogP contribution in [-0.4, -0.2) is 19.8 Å². The van der Waals surface area contributed by atoms with Gasteiger partial charge in [0.1, 0.15) is 0 Å². The van der Waals surface area contributed by atoms with E-state index >= 15 is 0 Å². The molecule has 0 aliphatic carbocycles. The lowest BCUT2D eigenvalue weighted by Crippen LogP contribution is -2.06. The molecule has 0 saturated heterocycles. The van der Waals surface area contributed by atoms with Crippen LogP contribution < -0.4 is 0 Å². The number of hydrogen-bond donors (Lipinski definition) is 0. The molecule has 0 aliphatic rings. The van der Waals surface area contributed by atoms with Crippen molar-refractivity contribution in [2.75, 3.05) is 19.8 Å². The first kappa shape index (κ1) is 16.1. The molecule has 5 heteroatoms. The first-order chi connectivity index (χ1) is 7.54. The molecule has 0 rings (SSSR count). The van der Waals surface area contributed by atoms with Crippen molar-refractivity contribution < 1.29 is 18.1 Å². The van der Waals surface area contributed by atoms with E-state index < -0.39 is 7.82 Å². The van der Waals surface area contributed by atoms with Gasteiger partial charge in [-0.25, -0.2) is 4.57 Å². The molecule has 0 aromatic carbocycles. The fraction of sp³-hybridized carbons (Fsp3) is 1.00. The highest BCUT2D eigenvalue weighted by atomic mass is 31.2. The summed E-state index contributed by atoms with van der Waals surface area (Å²) in [6.45, 7) is 9.04. The van der Waals surface area contributed by atoms with Crippen molar-refractivity contribution in [2.45, 2.75) is 47.0 Å². The quantitative estimate of drug-likeness (QED) is 0.435. The van der Waals surface area contributed by atoms with Gasteiger partial charge in [-0.1, -0.05) is 33.6 Å². The van der Waals surface area contributed by atoms with Crippen LogP contribution in [0.5, 0.6) is 0 Å². The molecule has 0 spiro atoms. The van der Waals surface area contributed by atoms with Crippen molar-refractivity contribution in [2.24, 2.45) is 5.92 Å². The molecular weight excluding hydrogens is 227 g/mol. The summed E-state index contributed by atoms with van der Waals surface area (Å²) in [5.41, 5.74) is 0. The maximum absolute atomic E-state index is 12.0. The van der Waals surface area contributed by atoms with Crippen molar-refractivity contribution in [1.29, 1.82) is 0 Å². The van der Waals surface area contributed by atoms with Gasteiger partial charge >= 0.3 is 7.82 Å². The minimum atomic E-state index is -3.31. The van der Waals surface area contributed by atoms with Crippen molar-refractivity contribution >= 4 is 7.82 Å². The van der Waals surface area contributed by atoms with Crippen LogP contribution in [0.4, 0.5) is 0 Å². The normalized spacial score (nSPS) is 15.3. The Labute approximate surface area is 99.3 Å². The van der Waals surface area contributed by atoms with Gasteiger partial charge in [-0.15, -0.1) is 0 Å². The van der Waals surface area contributed by atoms with Crippen molar-refractivity contribution in [1.82, 2.24) is 0 Å². The minimum Gasteiger partial charge on any atom is -0.287 e. The first-order valence-corrected chi connectivity index (χ1v) is 7.53. The Morgan fingerprint density at radius 1 is 1.06 bits per heavy atom. The van der Waals surface area contributed by atoms with Gasteiger partial charge in [-0.05, 0) is 19.3 Å². The molecule has 0 aromatic heterocycles. The Morgan fingerprint density at radius 2 is 1.75 bits per heavy atom. The highest BCUT2D eigenvalue weighted by Gasteiger charge is 2.25. The maximum Gasteiger partial charge on any atom is 0.474 e. The molecule has 4 nitrogen and oxygen atoms in total. The van der Waals surface area contributed by atoms with Gasteiger partial charge in [0, 0.05) is 0 Å². The van der Waals surface area contributed by atoms with E-state index in [1.807, 2.05) is 13.8 Å². The zero-order chi connectivity index (χ0) is 12.4. The molecule has 0 fully saturated rings. The van der Waals surface area contributed by atoms with E-state index in [2.05, 4.69) is 6.92 Å². The minimum absolute atomic E-state index is 0.313. The Hall–Kier alpha value is 0.110. The average molecular weight is 252 g/mol. The third-order valence-electron chi connectivity index (χ3n) is 1.85. The fourth-order valence-corrected chi connectivity index (χ4v) is 2.41. The van der Waals surface area contributed by atoms with E-state index in [1.54, 1.807) is 6.92 Å². The van der Waals surface area contributed by atoms with Crippen LogP contribution in [0.2, 0.25) is 0 Å². The van der Waals surface area contributed by atoms with Gasteiger partial charge in [0.05, 0.1) is 19.8 Å². The second kappa shape index (κ2) is 9.17. The summed E-state index contributed by atoms with van der Waals surface area (Å²) >= 11 is 0. The smallest absolute Gasteiger partial charge is 0.287 e. The second-order valence-electron chi connectivity index (χ2n) is 4.09. The van der Waals surface area contributed by atoms with Crippen LogP contribution in [0.15, 0.2) is 0 Å². The van der Waals surface area contributed by atoms with E-state index in [0.717, 1.165) is 19.3 Å². The zero-order valence-electron chi connectivity index (χ0n) is 10.9. The SMILES string of the molecule is CCCCCOP(=O)(OCC)OCC(C)C. The second-order valence-corrected chi connectivity index (χ2v) is 5.76. The predicted molar refractivity (Wildman–Crippen MR) is 65.5 cm³/mol. The van der Waals surface area contributed by atoms with Crippen molar-refractivity contribution in [3.8, 4) is 0 Å². The Balaban J connectivity index is 3.96. The standard InChI is InChI=1S/C11H25O4P/c1-5-7-8-9-14-16(12,13-6-2)15-10-11(3)4/h11H,5-10H2,1-4H3. The number of unbranched alkanes of at least 4 members (excludes halogenated alkanes) is 2. The monoisotopic (exact) mass is 252 g/mol. The van der Waals surface area contributed by atoms with Gasteiger partial charge < -0.3 is 0 Å². The molecule has 1 atom stereocenters. The van der Waals surface area contributed by atoms with Gasteiger partial charge in [-0.3, -0.25) is 13.6 Å². The summed E-state index contributed by atoms with van der Waals surface area (Å²) in [6.07, 6.45) is 3.06. The van der Waals surface area contributed by atoms with E-state index in [1.165, 1.54) is 0 Å². The van der Waals surface area contributed by atoms with Crippen LogP contribution >= 0.6 is 7.82 Å². The molecular formula is C11H25O4P. The number of hydrogen-bond acceptors (Lipinski definition) is 4. The Bertz CT molecular complexity index is 206. The van der Waals surface area contributed by atoms with E-state index in [4.69, 9.17) is 13.6 Å². The summed E-state index contributed by atoms with van der Waals surface area (Å²) in [7, 11) is -3.31. The summed E-state index contributed by atoms with van der Waals surface area (Å²) in [6, 6.07) is 0.